The fraction of sp³-hybridized carbons (Fsp3) is 0.692. The van der Waals surface area contributed by atoms with Crippen molar-refractivity contribution in [1.29, 1.82) is 0 Å². The molecule has 1 aromatic rings. The van der Waals surface area contributed by atoms with Gasteiger partial charge in [-0.3, -0.25) is 0 Å². The Morgan fingerprint density at radius 2 is 2.22 bits per heavy atom. The molecule has 0 spiro atoms. The molecule has 1 fully saturated rings. The molecule has 1 aliphatic rings. The Morgan fingerprint density at radius 3 is 2.83 bits per heavy atom. The predicted octanol–water partition coefficient (Wildman–Crippen LogP) is 1.55. The number of anilines is 1. The van der Waals surface area contributed by atoms with Crippen LogP contribution in [0.25, 0.3) is 0 Å². The summed E-state index contributed by atoms with van der Waals surface area (Å²) in [6, 6.07) is 2.62. The summed E-state index contributed by atoms with van der Waals surface area (Å²) in [5.41, 5.74) is 0. The third kappa shape index (κ3) is 3.57. The summed E-state index contributed by atoms with van der Waals surface area (Å²) in [7, 11) is 4.00. The average molecular weight is 250 g/mol. The molecular formula is C13H22N4O. The molecule has 0 bridgehead atoms. The molecule has 5 nitrogen and oxygen atoms in total. The lowest BCUT2D eigenvalue weighted by molar-refractivity contribution is 0.226. The molecule has 1 heterocycles. The van der Waals surface area contributed by atoms with Gasteiger partial charge in [0, 0.05) is 32.1 Å². The van der Waals surface area contributed by atoms with Crippen LogP contribution in [0.1, 0.15) is 25.6 Å². The summed E-state index contributed by atoms with van der Waals surface area (Å²) in [6.07, 6.45) is 3.47. The normalized spacial score (nSPS) is 14.9. The fourth-order valence-electron chi connectivity index (χ4n) is 1.82. The second kappa shape index (κ2) is 6.00. The minimum absolute atomic E-state index is 0.662. The van der Waals surface area contributed by atoms with E-state index in [1.807, 2.05) is 20.0 Å². The SMILES string of the molecule is CCc1nc(NC)cc(OCCN(C)C2CC2)n1. The van der Waals surface area contributed by atoms with Crippen LogP contribution in [-0.4, -0.2) is 48.2 Å². The Balaban J connectivity index is 1.87. The predicted molar refractivity (Wildman–Crippen MR) is 72.1 cm³/mol. The van der Waals surface area contributed by atoms with E-state index in [9.17, 15) is 0 Å². The Kier molecular flexibility index (Phi) is 4.36. The highest BCUT2D eigenvalue weighted by Gasteiger charge is 2.25. The first-order chi connectivity index (χ1) is 8.72. The summed E-state index contributed by atoms with van der Waals surface area (Å²) in [5, 5.41) is 3.03. The zero-order chi connectivity index (χ0) is 13.0. The van der Waals surface area contributed by atoms with Gasteiger partial charge in [-0.25, -0.2) is 4.98 Å². The molecule has 0 unspecified atom stereocenters. The molecule has 0 atom stereocenters. The lowest BCUT2D eigenvalue weighted by Gasteiger charge is -2.15. The van der Waals surface area contributed by atoms with Crippen molar-refractivity contribution < 1.29 is 4.74 Å². The first-order valence-corrected chi connectivity index (χ1v) is 6.61. The zero-order valence-electron chi connectivity index (χ0n) is 11.4. The lowest BCUT2D eigenvalue weighted by atomic mass is 10.4. The highest BCUT2D eigenvalue weighted by molar-refractivity contribution is 5.37. The maximum absolute atomic E-state index is 5.71. The third-order valence-corrected chi connectivity index (χ3v) is 3.19. The molecule has 100 valence electrons. The topological polar surface area (TPSA) is 50.3 Å². The number of nitrogens with one attached hydrogen (secondary N) is 1. The zero-order valence-corrected chi connectivity index (χ0v) is 11.4. The van der Waals surface area contributed by atoms with E-state index in [0.717, 1.165) is 30.6 Å². The monoisotopic (exact) mass is 250 g/mol. The summed E-state index contributed by atoms with van der Waals surface area (Å²) >= 11 is 0. The van der Waals surface area contributed by atoms with Crippen molar-refractivity contribution in [2.45, 2.75) is 32.2 Å². The van der Waals surface area contributed by atoms with Gasteiger partial charge < -0.3 is 15.0 Å². The van der Waals surface area contributed by atoms with Crippen molar-refractivity contribution in [3.05, 3.63) is 11.9 Å². The number of nitrogens with zero attached hydrogens (tertiary/aromatic N) is 3. The van der Waals surface area contributed by atoms with Gasteiger partial charge in [-0.05, 0) is 19.9 Å². The number of likely N-dealkylation sites (N-methyl/N-ethyl adjacent to an activating group) is 1. The van der Waals surface area contributed by atoms with E-state index in [0.29, 0.717) is 12.5 Å². The Labute approximate surface area is 109 Å². The van der Waals surface area contributed by atoms with Gasteiger partial charge in [0.15, 0.2) is 0 Å². The number of hydrogen-bond donors (Lipinski definition) is 1. The molecule has 1 N–H and O–H groups in total. The fourth-order valence-corrected chi connectivity index (χ4v) is 1.82. The van der Waals surface area contributed by atoms with Crippen LogP contribution < -0.4 is 10.1 Å². The summed E-state index contributed by atoms with van der Waals surface area (Å²) in [4.78, 5) is 11.1. The maximum atomic E-state index is 5.71. The molecule has 1 aliphatic carbocycles. The second-order valence-electron chi connectivity index (χ2n) is 4.67. The van der Waals surface area contributed by atoms with Gasteiger partial charge in [0.2, 0.25) is 5.88 Å². The van der Waals surface area contributed by atoms with E-state index in [-0.39, 0.29) is 0 Å². The molecule has 0 amide bonds. The summed E-state index contributed by atoms with van der Waals surface area (Å²) < 4.78 is 5.71. The highest BCUT2D eigenvalue weighted by atomic mass is 16.5. The lowest BCUT2D eigenvalue weighted by Crippen LogP contribution is -2.26. The Hall–Kier alpha value is -1.36. The van der Waals surface area contributed by atoms with Crippen molar-refractivity contribution in [3.8, 4) is 5.88 Å². The maximum Gasteiger partial charge on any atom is 0.218 e. The molecule has 1 saturated carbocycles. The average Bonchev–Trinajstić information content (AvgIpc) is 3.22. The van der Waals surface area contributed by atoms with Gasteiger partial charge in [-0.15, -0.1) is 0 Å². The van der Waals surface area contributed by atoms with E-state index >= 15 is 0 Å². The van der Waals surface area contributed by atoms with E-state index in [4.69, 9.17) is 4.74 Å². The van der Waals surface area contributed by atoms with E-state index < -0.39 is 0 Å². The minimum Gasteiger partial charge on any atom is -0.476 e. The smallest absolute Gasteiger partial charge is 0.218 e. The summed E-state index contributed by atoms with van der Waals surface area (Å²) in [5.74, 6) is 2.29. The number of aromatic nitrogens is 2. The van der Waals surface area contributed by atoms with Crippen LogP contribution in [0.15, 0.2) is 6.07 Å². The van der Waals surface area contributed by atoms with Gasteiger partial charge in [0.1, 0.15) is 18.2 Å². The molecule has 1 aromatic heterocycles. The molecule has 0 aromatic carbocycles. The standard InChI is InChI=1S/C13H22N4O/c1-4-11-15-12(14-2)9-13(16-11)18-8-7-17(3)10-5-6-10/h9-10H,4-8H2,1-3H3,(H,14,15,16). The van der Waals surface area contributed by atoms with Gasteiger partial charge in [0.25, 0.3) is 0 Å². The van der Waals surface area contributed by atoms with Crippen LogP contribution in [0.3, 0.4) is 0 Å². The van der Waals surface area contributed by atoms with Gasteiger partial charge >= 0.3 is 0 Å². The van der Waals surface area contributed by atoms with Crippen LogP contribution in [0.2, 0.25) is 0 Å². The van der Waals surface area contributed by atoms with Crippen molar-refractivity contribution in [3.63, 3.8) is 0 Å². The van der Waals surface area contributed by atoms with Crippen molar-refractivity contribution in [2.75, 3.05) is 32.6 Å². The van der Waals surface area contributed by atoms with Crippen molar-refractivity contribution in [2.24, 2.45) is 0 Å². The van der Waals surface area contributed by atoms with Crippen molar-refractivity contribution >= 4 is 5.82 Å². The molecule has 0 aliphatic heterocycles. The Bertz CT molecular complexity index is 370. The van der Waals surface area contributed by atoms with Crippen LogP contribution >= 0.6 is 0 Å². The highest BCUT2D eigenvalue weighted by Crippen LogP contribution is 2.24. The number of rotatable bonds is 7. The molecule has 0 saturated heterocycles. The van der Waals surface area contributed by atoms with Gasteiger partial charge in [0.05, 0.1) is 0 Å². The van der Waals surface area contributed by atoms with E-state index in [2.05, 4.69) is 27.2 Å². The molecular weight excluding hydrogens is 228 g/mol. The van der Waals surface area contributed by atoms with Crippen LogP contribution in [0, 0.1) is 0 Å². The largest absolute Gasteiger partial charge is 0.476 e. The quantitative estimate of drug-likeness (QED) is 0.795. The second-order valence-corrected chi connectivity index (χ2v) is 4.67. The summed E-state index contributed by atoms with van der Waals surface area (Å²) in [6.45, 7) is 3.67. The first-order valence-electron chi connectivity index (χ1n) is 6.61. The van der Waals surface area contributed by atoms with E-state index in [1.165, 1.54) is 12.8 Å². The number of aryl methyl sites for hydroxylation is 1. The number of hydrogen-bond acceptors (Lipinski definition) is 5. The van der Waals surface area contributed by atoms with Crippen LogP contribution in [0.5, 0.6) is 5.88 Å². The van der Waals surface area contributed by atoms with Gasteiger partial charge in [-0.2, -0.15) is 4.98 Å². The first kappa shape index (κ1) is 13.1. The minimum atomic E-state index is 0.662. The van der Waals surface area contributed by atoms with Gasteiger partial charge in [-0.1, -0.05) is 6.92 Å². The van der Waals surface area contributed by atoms with Crippen LogP contribution in [0.4, 0.5) is 5.82 Å². The third-order valence-electron chi connectivity index (χ3n) is 3.19. The molecule has 5 heteroatoms. The Morgan fingerprint density at radius 1 is 1.44 bits per heavy atom. The van der Waals surface area contributed by atoms with Crippen LogP contribution in [-0.2, 0) is 6.42 Å². The molecule has 18 heavy (non-hydrogen) atoms. The number of ether oxygens (including phenoxy) is 1. The van der Waals surface area contributed by atoms with E-state index in [1.54, 1.807) is 0 Å². The van der Waals surface area contributed by atoms with Crippen molar-refractivity contribution in [1.82, 2.24) is 14.9 Å². The molecule has 2 rings (SSSR count). The molecule has 0 radical (unpaired) electrons.